The standard InChI is InChI=1S/C10H8N4O2/c11-10(15)8-2-1-3-9(14-8)16-7-4-12-6-13-5-7/h1-6H,(H2,11,15). The van der Waals surface area contributed by atoms with E-state index in [0.29, 0.717) is 5.75 Å². The smallest absolute Gasteiger partial charge is 0.267 e. The summed E-state index contributed by atoms with van der Waals surface area (Å²) in [6, 6.07) is 4.75. The number of rotatable bonds is 3. The predicted octanol–water partition coefficient (Wildman–Crippen LogP) is 0.763. The van der Waals surface area contributed by atoms with Gasteiger partial charge in [-0.2, -0.15) is 0 Å². The molecular formula is C10H8N4O2. The second-order valence-electron chi connectivity index (χ2n) is 2.90. The van der Waals surface area contributed by atoms with Crippen LogP contribution in [-0.4, -0.2) is 20.9 Å². The van der Waals surface area contributed by atoms with Crippen molar-refractivity contribution in [3.8, 4) is 11.6 Å². The van der Waals surface area contributed by atoms with E-state index in [4.69, 9.17) is 10.5 Å². The van der Waals surface area contributed by atoms with Gasteiger partial charge in [0.25, 0.3) is 5.91 Å². The lowest BCUT2D eigenvalue weighted by Gasteiger charge is -2.03. The Morgan fingerprint density at radius 1 is 1.25 bits per heavy atom. The van der Waals surface area contributed by atoms with Crippen molar-refractivity contribution in [1.29, 1.82) is 0 Å². The largest absolute Gasteiger partial charge is 0.436 e. The van der Waals surface area contributed by atoms with E-state index >= 15 is 0 Å². The Bertz CT molecular complexity index is 501. The molecule has 1 amide bonds. The number of nitrogens with two attached hydrogens (primary N) is 1. The summed E-state index contributed by atoms with van der Waals surface area (Å²) in [7, 11) is 0. The number of aromatic nitrogens is 3. The fraction of sp³-hybridized carbons (Fsp3) is 0. The first-order valence-corrected chi connectivity index (χ1v) is 4.45. The Kier molecular flexibility index (Phi) is 2.73. The summed E-state index contributed by atoms with van der Waals surface area (Å²) < 4.78 is 5.33. The summed E-state index contributed by atoms with van der Waals surface area (Å²) in [6.45, 7) is 0. The summed E-state index contributed by atoms with van der Waals surface area (Å²) in [5, 5.41) is 0. The molecule has 2 N–H and O–H groups in total. The van der Waals surface area contributed by atoms with Crippen LogP contribution in [0.1, 0.15) is 10.5 Å². The van der Waals surface area contributed by atoms with Crippen molar-refractivity contribution in [2.45, 2.75) is 0 Å². The molecule has 2 rings (SSSR count). The van der Waals surface area contributed by atoms with E-state index < -0.39 is 5.91 Å². The number of nitrogens with zero attached hydrogens (tertiary/aromatic N) is 3. The van der Waals surface area contributed by atoms with Crippen molar-refractivity contribution in [2.24, 2.45) is 5.73 Å². The van der Waals surface area contributed by atoms with E-state index in [9.17, 15) is 4.79 Å². The van der Waals surface area contributed by atoms with Gasteiger partial charge in [-0.3, -0.25) is 4.79 Å². The molecule has 80 valence electrons. The zero-order chi connectivity index (χ0) is 11.4. The van der Waals surface area contributed by atoms with Gasteiger partial charge in [-0.05, 0) is 6.07 Å². The summed E-state index contributed by atoms with van der Waals surface area (Å²) in [5.41, 5.74) is 5.24. The van der Waals surface area contributed by atoms with Crippen LogP contribution in [0.3, 0.4) is 0 Å². The maximum absolute atomic E-state index is 10.9. The SMILES string of the molecule is NC(=O)c1cccc(Oc2cncnc2)n1. The molecule has 2 heterocycles. The fourth-order valence-electron chi connectivity index (χ4n) is 1.07. The highest BCUT2D eigenvalue weighted by atomic mass is 16.5. The minimum absolute atomic E-state index is 0.148. The van der Waals surface area contributed by atoms with E-state index in [1.165, 1.54) is 24.8 Å². The second-order valence-corrected chi connectivity index (χ2v) is 2.90. The van der Waals surface area contributed by atoms with E-state index in [-0.39, 0.29) is 11.6 Å². The van der Waals surface area contributed by atoms with Gasteiger partial charge in [0.15, 0.2) is 5.75 Å². The molecule has 0 aliphatic carbocycles. The molecule has 16 heavy (non-hydrogen) atoms. The number of primary amides is 1. The molecule has 2 aromatic rings. The summed E-state index contributed by atoms with van der Waals surface area (Å²) in [4.78, 5) is 22.4. The normalized spacial score (nSPS) is 9.75. The van der Waals surface area contributed by atoms with Gasteiger partial charge in [-0.15, -0.1) is 0 Å². The van der Waals surface area contributed by atoms with Crippen LogP contribution in [0.5, 0.6) is 11.6 Å². The highest BCUT2D eigenvalue weighted by Gasteiger charge is 2.04. The lowest BCUT2D eigenvalue weighted by Crippen LogP contribution is -2.12. The molecular weight excluding hydrogens is 208 g/mol. The molecule has 0 spiro atoms. The number of carbonyl (C=O) groups excluding carboxylic acids is 1. The van der Waals surface area contributed by atoms with Gasteiger partial charge in [0.05, 0.1) is 12.4 Å². The highest BCUT2D eigenvalue weighted by Crippen LogP contribution is 2.16. The molecule has 0 aliphatic heterocycles. The second kappa shape index (κ2) is 4.35. The number of hydrogen-bond acceptors (Lipinski definition) is 5. The Hall–Kier alpha value is -2.50. The van der Waals surface area contributed by atoms with Crippen LogP contribution in [0.4, 0.5) is 0 Å². The van der Waals surface area contributed by atoms with E-state index in [2.05, 4.69) is 15.0 Å². The highest BCUT2D eigenvalue weighted by molar-refractivity contribution is 5.90. The summed E-state index contributed by atoms with van der Waals surface area (Å²) >= 11 is 0. The Morgan fingerprint density at radius 2 is 2.00 bits per heavy atom. The molecule has 2 aromatic heterocycles. The minimum atomic E-state index is -0.602. The van der Waals surface area contributed by atoms with Gasteiger partial charge in [-0.1, -0.05) is 6.07 Å². The topological polar surface area (TPSA) is 91.0 Å². The molecule has 0 unspecified atom stereocenters. The first-order valence-electron chi connectivity index (χ1n) is 4.45. The molecule has 0 bridgehead atoms. The van der Waals surface area contributed by atoms with Crippen molar-refractivity contribution >= 4 is 5.91 Å². The van der Waals surface area contributed by atoms with Crippen molar-refractivity contribution in [3.63, 3.8) is 0 Å². The van der Waals surface area contributed by atoms with Crippen LogP contribution >= 0.6 is 0 Å². The summed E-state index contributed by atoms with van der Waals surface area (Å²) in [5.74, 6) is 0.109. The van der Waals surface area contributed by atoms with Crippen molar-refractivity contribution in [2.75, 3.05) is 0 Å². The lowest BCUT2D eigenvalue weighted by atomic mass is 10.3. The van der Waals surface area contributed by atoms with Crippen LogP contribution in [0, 0.1) is 0 Å². The molecule has 0 radical (unpaired) electrons. The molecule has 6 heteroatoms. The third-order valence-electron chi connectivity index (χ3n) is 1.74. The van der Waals surface area contributed by atoms with Gasteiger partial charge >= 0.3 is 0 Å². The minimum Gasteiger partial charge on any atom is -0.436 e. The van der Waals surface area contributed by atoms with Gasteiger partial charge in [-0.25, -0.2) is 15.0 Å². The third kappa shape index (κ3) is 2.30. The summed E-state index contributed by atoms with van der Waals surface area (Å²) in [6.07, 6.45) is 4.37. The van der Waals surface area contributed by atoms with Crippen LogP contribution in [-0.2, 0) is 0 Å². The first-order chi connectivity index (χ1) is 7.75. The van der Waals surface area contributed by atoms with Crippen molar-refractivity contribution < 1.29 is 9.53 Å². The first kappa shape index (κ1) is 10.0. The van der Waals surface area contributed by atoms with Crippen molar-refractivity contribution in [3.05, 3.63) is 42.6 Å². The fourth-order valence-corrected chi connectivity index (χ4v) is 1.07. The average Bonchev–Trinajstić information content (AvgIpc) is 2.30. The third-order valence-corrected chi connectivity index (χ3v) is 1.74. The number of hydrogen-bond donors (Lipinski definition) is 1. The molecule has 0 saturated heterocycles. The number of carbonyl (C=O) groups is 1. The maximum atomic E-state index is 10.9. The van der Waals surface area contributed by atoms with Crippen LogP contribution < -0.4 is 10.5 Å². The number of amides is 1. The zero-order valence-corrected chi connectivity index (χ0v) is 8.20. The molecule has 0 fully saturated rings. The number of pyridine rings is 1. The van der Waals surface area contributed by atoms with Gasteiger partial charge < -0.3 is 10.5 Å². The lowest BCUT2D eigenvalue weighted by molar-refractivity contribution is 0.0995. The molecule has 0 aromatic carbocycles. The Labute approximate surface area is 91.1 Å². The Morgan fingerprint density at radius 3 is 2.69 bits per heavy atom. The monoisotopic (exact) mass is 216 g/mol. The zero-order valence-electron chi connectivity index (χ0n) is 8.20. The number of ether oxygens (including phenoxy) is 1. The van der Waals surface area contributed by atoms with Gasteiger partial charge in [0.1, 0.15) is 12.0 Å². The molecule has 6 nitrogen and oxygen atoms in total. The van der Waals surface area contributed by atoms with E-state index in [1.807, 2.05) is 0 Å². The predicted molar refractivity (Wildman–Crippen MR) is 54.9 cm³/mol. The Balaban J connectivity index is 2.22. The molecule has 0 atom stereocenters. The van der Waals surface area contributed by atoms with E-state index in [1.54, 1.807) is 12.1 Å². The molecule has 0 aliphatic rings. The van der Waals surface area contributed by atoms with Crippen molar-refractivity contribution in [1.82, 2.24) is 15.0 Å². The maximum Gasteiger partial charge on any atom is 0.267 e. The van der Waals surface area contributed by atoms with Crippen LogP contribution in [0.2, 0.25) is 0 Å². The molecule has 0 saturated carbocycles. The van der Waals surface area contributed by atoms with Crippen LogP contribution in [0.15, 0.2) is 36.9 Å². The van der Waals surface area contributed by atoms with Gasteiger partial charge in [0, 0.05) is 6.07 Å². The average molecular weight is 216 g/mol. The quantitative estimate of drug-likeness (QED) is 0.817. The van der Waals surface area contributed by atoms with Crippen LogP contribution in [0.25, 0.3) is 0 Å². The van der Waals surface area contributed by atoms with Gasteiger partial charge in [0.2, 0.25) is 5.88 Å². The van der Waals surface area contributed by atoms with E-state index in [0.717, 1.165) is 0 Å².